The average molecular weight is 395 g/mol. The molecule has 0 fully saturated rings. The molecule has 0 bridgehead atoms. The number of rotatable bonds is 5. The van der Waals surface area contributed by atoms with Crippen LogP contribution in [0.15, 0.2) is 30.3 Å². The lowest BCUT2D eigenvalue weighted by Gasteiger charge is -2.27. The summed E-state index contributed by atoms with van der Waals surface area (Å²) in [5.41, 5.74) is 3.00. The molecule has 1 amide bonds. The lowest BCUT2D eigenvalue weighted by molar-refractivity contribution is 0.0397. The molecule has 0 saturated heterocycles. The van der Waals surface area contributed by atoms with Crippen molar-refractivity contribution < 1.29 is 14.3 Å². The summed E-state index contributed by atoms with van der Waals surface area (Å²) in [5.74, 6) is -0.575. The number of nitrogens with zero attached hydrogens (tertiary/aromatic N) is 2. The Labute approximate surface area is 168 Å². The molecule has 8 nitrogen and oxygen atoms in total. The molecular formula is C21H25N5O3. The van der Waals surface area contributed by atoms with Crippen LogP contribution in [-0.4, -0.2) is 57.7 Å². The number of aromatic nitrogens is 3. The Morgan fingerprint density at radius 1 is 1.31 bits per heavy atom. The predicted octanol–water partition coefficient (Wildman–Crippen LogP) is 2.24. The highest BCUT2D eigenvalue weighted by atomic mass is 16.5. The molecule has 1 aliphatic heterocycles. The van der Waals surface area contributed by atoms with Gasteiger partial charge in [0.05, 0.1) is 6.54 Å². The molecule has 0 aliphatic carbocycles. The Morgan fingerprint density at radius 3 is 2.86 bits per heavy atom. The average Bonchev–Trinajstić information content (AvgIpc) is 3.35. The first-order valence-corrected chi connectivity index (χ1v) is 9.67. The molecule has 4 rings (SSSR count). The van der Waals surface area contributed by atoms with Gasteiger partial charge in [-0.25, -0.2) is 4.79 Å². The van der Waals surface area contributed by atoms with Crippen LogP contribution < -0.4 is 5.32 Å². The number of fused-ring (bicyclic) bond motifs is 2. The lowest BCUT2D eigenvalue weighted by atomic mass is 10.0. The number of ether oxygens (including phenoxy) is 1. The van der Waals surface area contributed by atoms with Crippen molar-refractivity contribution in [3.63, 3.8) is 0 Å². The van der Waals surface area contributed by atoms with Crippen LogP contribution in [0.4, 0.5) is 0 Å². The summed E-state index contributed by atoms with van der Waals surface area (Å²) in [6.07, 6.45) is 0.615. The second kappa shape index (κ2) is 7.36. The highest BCUT2D eigenvalue weighted by Gasteiger charge is 2.30. The maximum atomic E-state index is 13.0. The van der Waals surface area contributed by atoms with Crippen molar-refractivity contribution >= 4 is 22.8 Å². The number of para-hydroxylation sites is 1. The van der Waals surface area contributed by atoms with Crippen molar-refractivity contribution in [2.45, 2.75) is 32.4 Å². The standard InChI is InChI=1S/C21H25N5O3/c1-21(2,22-3)12-29-20(28)18-14-11-26(9-8-16(14)24-25-18)19(27)17-10-13-6-4-5-7-15(13)23-17/h4-7,10,22-23H,8-9,11-12H2,1-3H3,(H,24,25). The molecule has 1 aromatic carbocycles. The molecule has 8 heteroatoms. The van der Waals surface area contributed by atoms with Gasteiger partial charge in [-0.15, -0.1) is 0 Å². The topological polar surface area (TPSA) is 103 Å². The van der Waals surface area contributed by atoms with Crippen LogP contribution >= 0.6 is 0 Å². The number of likely N-dealkylation sites (N-methyl/N-ethyl adjacent to an activating group) is 1. The van der Waals surface area contributed by atoms with E-state index in [1.165, 1.54) is 0 Å². The first kappa shape index (κ1) is 19.2. The highest BCUT2D eigenvalue weighted by Crippen LogP contribution is 2.24. The molecule has 0 radical (unpaired) electrons. The zero-order valence-corrected chi connectivity index (χ0v) is 16.8. The summed E-state index contributed by atoms with van der Waals surface area (Å²) in [6.45, 7) is 4.99. The third kappa shape index (κ3) is 3.75. The monoisotopic (exact) mass is 395 g/mol. The first-order valence-electron chi connectivity index (χ1n) is 9.67. The van der Waals surface area contributed by atoms with E-state index in [2.05, 4.69) is 20.5 Å². The Balaban J connectivity index is 1.51. The minimum atomic E-state index is -0.481. The number of carbonyl (C=O) groups is 2. The van der Waals surface area contributed by atoms with Crippen molar-refractivity contribution in [3.05, 3.63) is 53.0 Å². The van der Waals surface area contributed by atoms with Gasteiger partial charge < -0.3 is 19.9 Å². The lowest BCUT2D eigenvalue weighted by Crippen LogP contribution is -2.41. The molecule has 0 unspecified atom stereocenters. The molecule has 2 aromatic heterocycles. The highest BCUT2D eigenvalue weighted by molar-refractivity contribution is 5.98. The summed E-state index contributed by atoms with van der Waals surface area (Å²) in [5, 5.41) is 11.2. The van der Waals surface area contributed by atoms with Crippen molar-refractivity contribution in [2.75, 3.05) is 20.2 Å². The van der Waals surface area contributed by atoms with Crippen LogP contribution in [0.3, 0.4) is 0 Å². The normalized spacial score (nSPS) is 14.1. The Hall–Kier alpha value is -3.13. The Kier molecular flexibility index (Phi) is 4.87. The van der Waals surface area contributed by atoms with Crippen LogP contribution in [0.25, 0.3) is 10.9 Å². The van der Waals surface area contributed by atoms with E-state index in [1.54, 1.807) is 4.90 Å². The molecule has 152 valence electrons. The summed E-state index contributed by atoms with van der Waals surface area (Å²) in [7, 11) is 1.82. The van der Waals surface area contributed by atoms with Crippen molar-refractivity contribution in [3.8, 4) is 0 Å². The zero-order chi connectivity index (χ0) is 20.6. The SMILES string of the molecule is CNC(C)(C)COC(=O)c1n[nH]c2c1CN(C(=O)c1cc3ccccc3[nH]1)CC2. The largest absolute Gasteiger partial charge is 0.459 e. The van der Waals surface area contributed by atoms with E-state index in [0.29, 0.717) is 25.2 Å². The van der Waals surface area contributed by atoms with Gasteiger partial charge in [0.25, 0.3) is 5.91 Å². The van der Waals surface area contributed by atoms with Gasteiger partial charge in [-0.05, 0) is 33.0 Å². The molecule has 0 saturated carbocycles. The third-order valence-corrected chi connectivity index (χ3v) is 5.42. The van der Waals surface area contributed by atoms with Crippen LogP contribution in [0.5, 0.6) is 0 Å². The number of H-pyrrole nitrogens is 2. The third-order valence-electron chi connectivity index (χ3n) is 5.42. The van der Waals surface area contributed by atoms with E-state index in [0.717, 1.165) is 22.2 Å². The van der Waals surface area contributed by atoms with Crippen LogP contribution in [0.1, 0.15) is 46.1 Å². The van der Waals surface area contributed by atoms with E-state index in [-0.39, 0.29) is 23.7 Å². The second-order valence-corrected chi connectivity index (χ2v) is 7.99. The zero-order valence-electron chi connectivity index (χ0n) is 16.8. The quantitative estimate of drug-likeness (QED) is 0.575. The maximum absolute atomic E-state index is 13.0. The van der Waals surface area contributed by atoms with Gasteiger partial charge in [0, 0.05) is 40.7 Å². The van der Waals surface area contributed by atoms with Crippen LogP contribution in [0.2, 0.25) is 0 Å². The van der Waals surface area contributed by atoms with E-state index in [1.807, 2.05) is 51.2 Å². The van der Waals surface area contributed by atoms with Crippen molar-refractivity contribution in [1.29, 1.82) is 0 Å². The van der Waals surface area contributed by atoms with Crippen molar-refractivity contribution in [1.82, 2.24) is 25.4 Å². The maximum Gasteiger partial charge on any atom is 0.359 e. The van der Waals surface area contributed by atoms with E-state index < -0.39 is 5.97 Å². The molecule has 3 heterocycles. The Morgan fingerprint density at radius 2 is 2.10 bits per heavy atom. The number of hydrogen-bond donors (Lipinski definition) is 3. The number of esters is 1. The smallest absolute Gasteiger partial charge is 0.359 e. The van der Waals surface area contributed by atoms with E-state index in [4.69, 9.17) is 4.74 Å². The van der Waals surface area contributed by atoms with E-state index in [9.17, 15) is 9.59 Å². The van der Waals surface area contributed by atoms with Crippen LogP contribution in [-0.2, 0) is 17.7 Å². The number of benzene rings is 1. The van der Waals surface area contributed by atoms with Crippen molar-refractivity contribution in [2.24, 2.45) is 0 Å². The fourth-order valence-corrected chi connectivity index (χ4v) is 3.38. The molecule has 3 aromatic rings. The summed E-state index contributed by atoms with van der Waals surface area (Å²) >= 11 is 0. The van der Waals surface area contributed by atoms with Gasteiger partial charge in [0.15, 0.2) is 5.69 Å². The first-order chi connectivity index (χ1) is 13.9. The van der Waals surface area contributed by atoms with Crippen LogP contribution in [0, 0.1) is 0 Å². The van der Waals surface area contributed by atoms with Gasteiger partial charge in [-0.3, -0.25) is 9.89 Å². The number of nitrogens with one attached hydrogen (secondary N) is 3. The fourth-order valence-electron chi connectivity index (χ4n) is 3.38. The number of hydrogen-bond acceptors (Lipinski definition) is 5. The molecular weight excluding hydrogens is 370 g/mol. The molecule has 0 atom stereocenters. The van der Waals surface area contributed by atoms with E-state index >= 15 is 0 Å². The fraction of sp³-hybridized carbons (Fsp3) is 0.381. The second-order valence-electron chi connectivity index (χ2n) is 7.99. The Bertz CT molecular complexity index is 1030. The minimum Gasteiger partial charge on any atom is -0.459 e. The number of carbonyl (C=O) groups excluding carboxylic acids is 2. The summed E-state index contributed by atoms with van der Waals surface area (Å²) in [6, 6.07) is 9.64. The number of aromatic amines is 2. The molecule has 29 heavy (non-hydrogen) atoms. The van der Waals surface area contributed by atoms with Gasteiger partial charge in [-0.1, -0.05) is 18.2 Å². The van der Waals surface area contributed by atoms with Gasteiger partial charge in [0.2, 0.25) is 0 Å². The van der Waals surface area contributed by atoms with Gasteiger partial charge >= 0.3 is 5.97 Å². The number of amides is 1. The summed E-state index contributed by atoms with van der Waals surface area (Å²) < 4.78 is 5.43. The van der Waals surface area contributed by atoms with Gasteiger partial charge in [0.1, 0.15) is 12.3 Å². The molecule has 1 aliphatic rings. The predicted molar refractivity (Wildman–Crippen MR) is 109 cm³/mol. The van der Waals surface area contributed by atoms with Gasteiger partial charge in [-0.2, -0.15) is 5.10 Å². The minimum absolute atomic E-state index is 0.0938. The molecule has 0 spiro atoms. The molecule has 3 N–H and O–H groups in total. The summed E-state index contributed by atoms with van der Waals surface area (Å²) in [4.78, 5) is 30.5.